The molecule has 0 aromatic heterocycles. The van der Waals surface area contributed by atoms with Crippen molar-refractivity contribution in [2.45, 2.75) is 123 Å². The first-order valence-electron chi connectivity index (χ1n) is 10.9. The van der Waals surface area contributed by atoms with Crippen molar-refractivity contribution in [1.82, 2.24) is 0 Å². The summed E-state index contributed by atoms with van der Waals surface area (Å²) in [4.78, 5) is 0. The smallest absolute Gasteiger partial charge is 0.197 e. The van der Waals surface area contributed by atoms with E-state index in [4.69, 9.17) is 8.85 Å². The fourth-order valence-corrected chi connectivity index (χ4v) is 14.1. The van der Waals surface area contributed by atoms with E-state index in [0.29, 0.717) is 22.2 Å². The Labute approximate surface area is 161 Å². The molecule has 152 valence electrons. The molecule has 0 aliphatic carbocycles. The number of hydrogen-bond donors (Lipinski definition) is 0. The van der Waals surface area contributed by atoms with Crippen molar-refractivity contribution >= 4 is 16.6 Å². The van der Waals surface area contributed by atoms with Crippen molar-refractivity contribution in [2.24, 2.45) is 0 Å². The van der Waals surface area contributed by atoms with Gasteiger partial charge in [0.05, 0.1) is 0 Å². The molecule has 0 unspecified atom stereocenters. The summed E-state index contributed by atoms with van der Waals surface area (Å²) in [5.74, 6) is 0. The van der Waals surface area contributed by atoms with Crippen LogP contribution in [0.5, 0.6) is 0 Å². The van der Waals surface area contributed by atoms with Gasteiger partial charge in [0, 0.05) is 13.2 Å². The molecule has 0 rings (SSSR count). The van der Waals surface area contributed by atoms with Crippen molar-refractivity contribution in [1.29, 1.82) is 0 Å². The molecule has 0 aliphatic heterocycles. The Hall–Kier alpha value is 0.354. The number of rotatable bonds is 14. The summed E-state index contributed by atoms with van der Waals surface area (Å²) < 4.78 is 13.3. The predicted molar refractivity (Wildman–Crippen MR) is 119 cm³/mol. The van der Waals surface area contributed by atoms with Crippen molar-refractivity contribution in [3.05, 3.63) is 0 Å². The van der Waals surface area contributed by atoms with Crippen molar-refractivity contribution in [2.75, 3.05) is 13.2 Å². The highest BCUT2D eigenvalue weighted by Crippen LogP contribution is 2.42. The second-order valence-corrected chi connectivity index (χ2v) is 19.1. The quantitative estimate of drug-likeness (QED) is 0.283. The Bertz CT molecular complexity index is 293. The van der Waals surface area contributed by atoms with Crippen molar-refractivity contribution in [3.8, 4) is 0 Å². The molecule has 0 N–H and O–H groups in total. The molecular formula is C21H48O2Si2. The lowest BCUT2D eigenvalue weighted by molar-refractivity contribution is 0.278. The van der Waals surface area contributed by atoms with Crippen LogP contribution in [-0.2, 0) is 8.85 Å². The average molecular weight is 389 g/mol. The minimum Gasteiger partial charge on any atom is -0.416 e. The van der Waals surface area contributed by atoms with Crippen LogP contribution in [0.4, 0.5) is 0 Å². The molecule has 0 fully saturated rings. The van der Waals surface area contributed by atoms with Gasteiger partial charge in [0.2, 0.25) is 0 Å². The summed E-state index contributed by atoms with van der Waals surface area (Å²) in [7, 11) is -3.41. The van der Waals surface area contributed by atoms with Crippen LogP contribution in [-0.4, -0.2) is 29.8 Å². The first kappa shape index (κ1) is 25.4. The summed E-state index contributed by atoms with van der Waals surface area (Å²) in [6.07, 6.45) is 3.55. The van der Waals surface area contributed by atoms with Crippen LogP contribution in [0.1, 0.15) is 88.5 Å². The molecule has 0 amide bonds. The fourth-order valence-electron chi connectivity index (χ4n) is 4.52. The number of hydrogen-bond acceptors (Lipinski definition) is 2. The van der Waals surface area contributed by atoms with Crippen molar-refractivity contribution < 1.29 is 8.85 Å². The van der Waals surface area contributed by atoms with E-state index in [1.54, 1.807) is 0 Å². The van der Waals surface area contributed by atoms with E-state index >= 15 is 0 Å². The van der Waals surface area contributed by atoms with Crippen LogP contribution < -0.4 is 0 Å². The zero-order valence-electron chi connectivity index (χ0n) is 19.1. The average Bonchev–Trinajstić information content (AvgIpc) is 2.52. The molecule has 0 heterocycles. The van der Waals surface area contributed by atoms with Crippen LogP contribution in [0.2, 0.25) is 34.3 Å². The maximum Gasteiger partial charge on any atom is 0.197 e. The minimum atomic E-state index is -1.71. The Morgan fingerprint density at radius 2 is 0.840 bits per heavy atom. The van der Waals surface area contributed by atoms with Gasteiger partial charge in [-0.25, -0.2) is 0 Å². The van der Waals surface area contributed by atoms with Crippen LogP contribution in [0.15, 0.2) is 0 Å². The minimum absolute atomic E-state index is 0.685. The molecule has 0 saturated carbocycles. The van der Waals surface area contributed by atoms with Gasteiger partial charge in [-0.2, -0.15) is 0 Å². The first-order valence-corrected chi connectivity index (χ1v) is 15.4. The zero-order valence-corrected chi connectivity index (χ0v) is 21.1. The lowest BCUT2D eigenvalue weighted by Gasteiger charge is -2.42. The summed E-state index contributed by atoms with van der Waals surface area (Å²) in [6.45, 7) is 25.5. The molecule has 4 heteroatoms. The normalized spacial score (nSPS) is 13.7. The van der Waals surface area contributed by atoms with Gasteiger partial charge < -0.3 is 8.85 Å². The van der Waals surface area contributed by atoms with E-state index < -0.39 is 16.6 Å². The molecule has 0 aromatic rings. The monoisotopic (exact) mass is 388 g/mol. The van der Waals surface area contributed by atoms with Gasteiger partial charge in [0.25, 0.3) is 0 Å². The van der Waals surface area contributed by atoms with Crippen molar-refractivity contribution in [3.63, 3.8) is 0 Å². The lowest BCUT2D eigenvalue weighted by Crippen LogP contribution is -2.47. The Morgan fingerprint density at radius 3 is 1.04 bits per heavy atom. The van der Waals surface area contributed by atoms with Gasteiger partial charge in [0.15, 0.2) is 16.6 Å². The topological polar surface area (TPSA) is 18.5 Å². The van der Waals surface area contributed by atoms with Crippen LogP contribution in [0.25, 0.3) is 0 Å². The summed E-state index contributed by atoms with van der Waals surface area (Å²) in [5, 5.41) is 0. The Balaban J connectivity index is 5.23. The van der Waals surface area contributed by atoms with Gasteiger partial charge >= 0.3 is 0 Å². The van der Waals surface area contributed by atoms with E-state index in [0.717, 1.165) is 26.1 Å². The third kappa shape index (κ3) is 6.78. The highest BCUT2D eigenvalue weighted by molar-refractivity contribution is 6.78. The molecule has 25 heavy (non-hydrogen) atoms. The Morgan fingerprint density at radius 1 is 0.560 bits per heavy atom. The third-order valence-electron chi connectivity index (χ3n) is 6.19. The van der Waals surface area contributed by atoms with Crippen LogP contribution in [0, 0.1) is 0 Å². The van der Waals surface area contributed by atoms with E-state index in [1.807, 2.05) is 0 Å². The van der Waals surface area contributed by atoms with Gasteiger partial charge in [-0.05, 0) is 47.1 Å². The van der Waals surface area contributed by atoms with Crippen LogP contribution >= 0.6 is 0 Å². The maximum atomic E-state index is 6.63. The summed E-state index contributed by atoms with van der Waals surface area (Å²) in [6, 6.07) is 2.60. The van der Waals surface area contributed by atoms with E-state index in [1.165, 1.54) is 18.5 Å². The fraction of sp³-hybridized carbons (Fsp3) is 1.00. The SMILES string of the molecule is CCCO[Si](CCC[Si](OCCC)(C(C)C)C(C)C)(C(C)C)C(C)C. The molecule has 0 aromatic carbocycles. The molecular weight excluding hydrogens is 340 g/mol. The second kappa shape index (κ2) is 11.9. The van der Waals surface area contributed by atoms with Gasteiger partial charge in [-0.1, -0.05) is 75.7 Å². The molecule has 0 aliphatic rings. The molecule has 2 nitrogen and oxygen atoms in total. The highest BCUT2D eigenvalue weighted by atomic mass is 28.4. The second-order valence-electron chi connectivity index (χ2n) is 9.08. The largest absolute Gasteiger partial charge is 0.416 e. The standard InChI is InChI=1S/C21H48O2Si2/c1-11-14-22-24(18(3)4,19(5)6)16-13-17-25(20(7)8,21(9)10)23-15-12-2/h18-21H,11-17H2,1-10H3. The molecule has 0 spiro atoms. The highest BCUT2D eigenvalue weighted by Gasteiger charge is 2.45. The lowest BCUT2D eigenvalue weighted by atomic mass is 10.5. The zero-order chi connectivity index (χ0) is 19.7. The molecule has 0 atom stereocenters. The molecule has 0 bridgehead atoms. The van der Waals surface area contributed by atoms with E-state index in [-0.39, 0.29) is 0 Å². The first-order chi connectivity index (χ1) is 11.6. The predicted octanol–water partition coefficient (Wildman–Crippen LogP) is 7.76. The van der Waals surface area contributed by atoms with E-state index in [2.05, 4.69) is 69.2 Å². The molecule has 0 radical (unpaired) electrons. The summed E-state index contributed by atoms with van der Waals surface area (Å²) in [5.41, 5.74) is 2.74. The molecule has 0 saturated heterocycles. The van der Waals surface area contributed by atoms with Gasteiger partial charge in [-0.3, -0.25) is 0 Å². The summed E-state index contributed by atoms with van der Waals surface area (Å²) >= 11 is 0. The maximum absolute atomic E-state index is 6.63. The van der Waals surface area contributed by atoms with E-state index in [9.17, 15) is 0 Å². The van der Waals surface area contributed by atoms with Gasteiger partial charge in [0.1, 0.15) is 0 Å². The Kier molecular flexibility index (Phi) is 12.1. The van der Waals surface area contributed by atoms with Crippen LogP contribution in [0.3, 0.4) is 0 Å². The van der Waals surface area contributed by atoms with Gasteiger partial charge in [-0.15, -0.1) is 0 Å². The third-order valence-corrected chi connectivity index (χ3v) is 17.8.